The third-order valence-electron chi connectivity index (χ3n) is 3.05. The number of carbonyl (C=O) groups is 1. The van der Waals surface area contributed by atoms with Gasteiger partial charge in [0, 0.05) is 12.4 Å². The van der Waals surface area contributed by atoms with Crippen LogP contribution in [0.25, 0.3) is 10.8 Å². The van der Waals surface area contributed by atoms with Crippen molar-refractivity contribution in [3.63, 3.8) is 0 Å². The van der Waals surface area contributed by atoms with E-state index < -0.39 is 12.0 Å². The molecule has 2 rings (SSSR count). The van der Waals surface area contributed by atoms with Crippen LogP contribution in [-0.4, -0.2) is 15.6 Å². The van der Waals surface area contributed by atoms with Gasteiger partial charge in [-0.1, -0.05) is 44.0 Å². The van der Waals surface area contributed by atoms with Crippen LogP contribution in [0.3, 0.4) is 0 Å². The lowest BCUT2D eigenvalue weighted by molar-refractivity contribution is -0.141. The molecule has 0 aliphatic heterocycles. The molecule has 0 fully saturated rings. The number of hydrogen-bond donors (Lipinski definition) is 1. The zero-order valence-corrected chi connectivity index (χ0v) is 9.97. The molecule has 1 aromatic heterocycles. The lowest BCUT2D eigenvalue weighted by Crippen LogP contribution is -2.17. The van der Waals surface area contributed by atoms with Crippen LogP contribution in [0.2, 0.25) is 0 Å². The molecule has 0 saturated carbocycles. The van der Waals surface area contributed by atoms with Gasteiger partial charge in [-0.15, -0.1) is 0 Å². The van der Waals surface area contributed by atoms with Crippen LogP contribution in [-0.2, 0) is 4.79 Å². The Hall–Kier alpha value is -1.77. The first-order valence-corrected chi connectivity index (χ1v) is 6.01. The van der Waals surface area contributed by atoms with Crippen LogP contribution in [0.1, 0.15) is 32.2 Å². The Morgan fingerprint density at radius 2 is 1.88 bits per heavy atom. The van der Waals surface area contributed by atoms with Gasteiger partial charge in [0.2, 0.25) is 0 Å². The largest absolute Gasteiger partial charge is 0.480 e. The van der Waals surface area contributed by atoms with Crippen molar-refractivity contribution in [2.24, 2.45) is 0 Å². The second-order valence-corrected chi connectivity index (χ2v) is 4.33. The van der Waals surface area contributed by atoms with Crippen LogP contribution in [0.5, 0.6) is 0 Å². The van der Waals surface area contributed by atoms with Gasteiger partial charge in [0.1, 0.15) is 6.04 Å². The van der Waals surface area contributed by atoms with E-state index in [4.69, 9.17) is 0 Å². The second kappa shape index (κ2) is 5.04. The highest BCUT2D eigenvalue weighted by Gasteiger charge is 2.18. The van der Waals surface area contributed by atoms with Crippen molar-refractivity contribution in [2.45, 2.75) is 32.2 Å². The van der Waals surface area contributed by atoms with Gasteiger partial charge in [-0.25, -0.2) is 4.79 Å². The Morgan fingerprint density at radius 3 is 2.35 bits per heavy atom. The third kappa shape index (κ3) is 2.49. The lowest BCUT2D eigenvalue weighted by Gasteiger charge is -2.13. The molecular weight excluding hydrogens is 214 g/mol. The molecule has 0 aliphatic rings. The number of benzene rings is 1. The number of aliphatic carboxylic acids is 1. The van der Waals surface area contributed by atoms with Crippen molar-refractivity contribution in [3.8, 4) is 0 Å². The highest BCUT2D eigenvalue weighted by atomic mass is 16.4. The number of fused-ring (bicyclic) bond motifs is 1. The smallest absolute Gasteiger partial charge is 0.326 e. The van der Waals surface area contributed by atoms with Crippen LogP contribution in [0.4, 0.5) is 0 Å². The van der Waals surface area contributed by atoms with Crippen LogP contribution in [0.15, 0.2) is 36.7 Å². The summed E-state index contributed by atoms with van der Waals surface area (Å²) in [6.45, 7) is 2.07. The fraction of sp³-hybridized carbons (Fsp3) is 0.357. The summed E-state index contributed by atoms with van der Waals surface area (Å²) in [4.78, 5) is 11.3. The predicted molar refractivity (Wildman–Crippen MR) is 68.1 cm³/mol. The molecular formula is C14H17NO2. The Balaban J connectivity index is 2.31. The molecule has 0 radical (unpaired) electrons. The van der Waals surface area contributed by atoms with E-state index in [1.165, 1.54) is 0 Å². The molecule has 0 aliphatic carbocycles. The minimum atomic E-state index is -0.751. The highest BCUT2D eigenvalue weighted by molar-refractivity contribution is 5.83. The zero-order chi connectivity index (χ0) is 12.3. The molecule has 90 valence electrons. The number of carboxylic acid groups (broad SMARTS) is 1. The predicted octanol–water partition coefficient (Wildman–Crippen LogP) is 3.46. The fourth-order valence-corrected chi connectivity index (χ4v) is 2.08. The zero-order valence-electron chi connectivity index (χ0n) is 9.97. The molecule has 0 saturated heterocycles. The average molecular weight is 231 g/mol. The Labute approximate surface area is 101 Å². The van der Waals surface area contributed by atoms with Crippen molar-refractivity contribution in [3.05, 3.63) is 36.7 Å². The first kappa shape index (κ1) is 11.7. The summed E-state index contributed by atoms with van der Waals surface area (Å²) in [6.07, 6.45) is 6.48. The maximum absolute atomic E-state index is 11.3. The maximum atomic E-state index is 11.3. The van der Waals surface area contributed by atoms with E-state index in [0.717, 1.165) is 23.6 Å². The quantitative estimate of drug-likeness (QED) is 0.856. The third-order valence-corrected chi connectivity index (χ3v) is 3.05. The number of aromatic nitrogens is 1. The van der Waals surface area contributed by atoms with Gasteiger partial charge in [-0.05, 0) is 17.2 Å². The average Bonchev–Trinajstić information content (AvgIpc) is 2.72. The SMILES string of the molecule is CCCCC(C(=O)O)n1cc2ccccc2c1. The summed E-state index contributed by atoms with van der Waals surface area (Å²) in [7, 11) is 0. The topological polar surface area (TPSA) is 42.2 Å². The summed E-state index contributed by atoms with van der Waals surface area (Å²) < 4.78 is 1.82. The van der Waals surface area contributed by atoms with Crippen molar-refractivity contribution >= 4 is 16.7 Å². The van der Waals surface area contributed by atoms with E-state index in [9.17, 15) is 9.90 Å². The van der Waals surface area contributed by atoms with Gasteiger partial charge in [0.25, 0.3) is 0 Å². The van der Waals surface area contributed by atoms with Gasteiger partial charge < -0.3 is 9.67 Å². The Bertz CT molecular complexity index is 483. The second-order valence-electron chi connectivity index (χ2n) is 4.33. The molecule has 0 spiro atoms. The molecule has 2 aromatic rings. The molecule has 17 heavy (non-hydrogen) atoms. The van der Waals surface area contributed by atoms with Crippen LogP contribution >= 0.6 is 0 Å². The molecule has 1 unspecified atom stereocenters. The van der Waals surface area contributed by atoms with E-state index in [2.05, 4.69) is 6.92 Å². The standard InChI is InChI=1S/C14H17NO2/c1-2-3-8-13(14(16)17)15-9-11-6-4-5-7-12(11)10-15/h4-7,9-10,13H,2-3,8H2,1H3,(H,16,17). The molecule has 3 nitrogen and oxygen atoms in total. The van der Waals surface area contributed by atoms with Gasteiger partial charge in [-0.2, -0.15) is 0 Å². The Kier molecular flexibility index (Phi) is 3.47. The van der Waals surface area contributed by atoms with E-state index in [0.29, 0.717) is 6.42 Å². The molecule has 1 aromatic carbocycles. The highest BCUT2D eigenvalue weighted by Crippen LogP contribution is 2.22. The van der Waals surface area contributed by atoms with E-state index in [1.807, 2.05) is 41.2 Å². The first-order chi connectivity index (χ1) is 8.22. The Morgan fingerprint density at radius 1 is 1.29 bits per heavy atom. The molecule has 1 atom stereocenters. The van der Waals surface area contributed by atoms with E-state index >= 15 is 0 Å². The summed E-state index contributed by atoms with van der Waals surface area (Å²) in [5, 5.41) is 11.4. The van der Waals surface area contributed by atoms with Crippen molar-refractivity contribution in [2.75, 3.05) is 0 Å². The van der Waals surface area contributed by atoms with Crippen molar-refractivity contribution < 1.29 is 9.90 Å². The first-order valence-electron chi connectivity index (χ1n) is 6.01. The summed E-state index contributed by atoms with van der Waals surface area (Å²) in [5.74, 6) is -0.751. The molecule has 3 heteroatoms. The molecule has 0 bridgehead atoms. The van der Waals surface area contributed by atoms with Gasteiger partial charge in [0.15, 0.2) is 0 Å². The summed E-state index contributed by atoms with van der Waals surface area (Å²) in [6, 6.07) is 7.50. The fourth-order valence-electron chi connectivity index (χ4n) is 2.08. The van der Waals surface area contributed by atoms with Gasteiger partial charge >= 0.3 is 5.97 Å². The maximum Gasteiger partial charge on any atom is 0.326 e. The molecule has 1 heterocycles. The summed E-state index contributed by atoms with van der Waals surface area (Å²) >= 11 is 0. The van der Waals surface area contributed by atoms with Gasteiger partial charge in [-0.3, -0.25) is 0 Å². The molecule has 1 N–H and O–H groups in total. The number of hydrogen-bond acceptors (Lipinski definition) is 1. The number of carboxylic acids is 1. The molecule has 0 amide bonds. The minimum Gasteiger partial charge on any atom is -0.480 e. The van der Waals surface area contributed by atoms with E-state index in [-0.39, 0.29) is 0 Å². The van der Waals surface area contributed by atoms with Crippen LogP contribution < -0.4 is 0 Å². The number of nitrogens with zero attached hydrogens (tertiary/aromatic N) is 1. The number of unbranched alkanes of at least 4 members (excludes halogenated alkanes) is 1. The lowest BCUT2D eigenvalue weighted by atomic mass is 10.1. The van der Waals surface area contributed by atoms with Crippen molar-refractivity contribution in [1.29, 1.82) is 0 Å². The number of rotatable bonds is 5. The summed E-state index contributed by atoms with van der Waals surface area (Å²) in [5.41, 5.74) is 0. The van der Waals surface area contributed by atoms with E-state index in [1.54, 1.807) is 0 Å². The monoisotopic (exact) mass is 231 g/mol. The minimum absolute atomic E-state index is 0.442. The normalized spacial score (nSPS) is 12.8. The van der Waals surface area contributed by atoms with Crippen molar-refractivity contribution in [1.82, 2.24) is 4.57 Å². The van der Waals surface area contributed by atoms with Crippen LogP contribution in [0, 0.1) is 0 Å². The van der Waals surface area contributed by atoms with Gasteiger partial charge in [0.05, 0.1) is 0 Å².